The van der Waals surface area contributed by atoms with Crippen LogP contribution in [0.25, 0.3) is 27.3 Å². The number of fused-ring (bicyclic) bond motifs is 2. The van der Waals surface area contributed by atoms with Crippen molar-refractivity contribution >= 4 is 63.7 Å². The molecule has 21 heteroatoms. The van der Waals surface area contributed by atoms with E-state index in [1.54, 1.807) is 34.3 Å². The molecule has 19 nitrogen and oxygen atoms in total. The fraction of sp³-hybridized carbons (Fsp3) is 0.467. The van der Waals surface area contributed by atoms with Gasteiger partial charge < -0.3 is 46.2 Å². The van der Waals surface area contributed by atoms with Gasteiger partial charge in [0, 0.05) is 96.0 Å². The van der Waals surface area contributed by atoms with Gasteiger partial charge in [-0.2, -0.15) is 0 Å². The minimum absolute atomic E-state index is 0.0114. The van der Waals surface area contributed by atoms with E-state index < -0.39 is 35.1 Å². The number of piperazine rings is 1. The number of halogens is 1. The van der Waals surface area contributed by atoms with Gasteiger partial charge in [0.1, 0.15) is 29.4 Å². The van der Waals surface area contributed by atoms with E-state index in [-0.39, 0.29) is 54.9 Å². The number of piperidine rings is 1. The molecule has 428 valence electrons. The highest BCUT2D eigenvalue weighted by Crippen LogP contribution is 2.37. The summed E-state index contributed by atoms with van der Waals surface area (Å²) in [5, 5.41) is 34.7. The fourth-order valence-corrected chi connectivity index (χ4v) is 12.5. The van der Waals surface area contributed by atoms with Gasteiger partial charge in [0.25, 0.3) is 5.91 Å². The number of benzene rings is 2. The van der Waals surface area contributed by atoms with Crippen LogP contribution in [-0.2, 0) is 25.7 Å². The minimum atomic E-state index is -0.925. The van der Waals surface area contributed by atoms with Crippen molar-refractivity contribution in [2.45, 2.75) is 122 Å². The Bertz CT molecular complexity index is 3270. The quantitative estimate of drug-likeness (QED) is 0.0490. The Hall–Kier alpha value is -7.33. The fourth-order valence-electron chi connectivity index (χ4n) is 11.7. The number of likely N-dealkylation sites (tertiary alicyclic amines) is 1. The van der Waals surface area contributed by atoms with Crippen molar-refractivity contribution in [1.29, 1.82) is 0 Å². The maximum Gasteiger partial charge on any atom is 0.254 e. The predicted molar refractivity (Wildman–Crippen MR) is 308 cm³/mol. The molecule has 4 atom stereocenters. The number of nitrogens with zero attached hydrogens (tertiary/aromatic N) is 8. The van der Waals surface area contributed by atoms with E-state index in [4.69, 9.17) is 0 Å². The number of nitrogens with one attached hydrogen (secondary N) is 4. The van der Waals surface area contributed by atoms with Crippen LogP contribution in [0.5, 0.6) is 0 Å². The van der Waals surface area contributed by atoms with Gasteiger partial charge in [-0.25, -0.2) is 19.3 Å². The minimum Gasteiger partial charge on any atom is -0.391 e. The molecular weight excluding hydrogens is 1050 g/mol. The second-order valence-electron chi connectivity index (χ2n) is 23.3. The Labute approximate surface area is 475 Å². The lowest BCUT2D eigenvalue weighted by molar-refractivity contribution is -0.144. The van der Waals surface area contributed by atoms with Crippen molar-refractivity contribution in [1.82, 2.24) is 50.0 Å². The zero-order chi connectivity index (χ0) is 57.2. The maximum absolute atomic E-state index is 14.2. The van der Waals surface area contributed by atoms with Gasteiger partial charge in [-0.15, -0.1) is 11.3 Å². The van der Waals surface area contributed by atoms with Crippen LogP contribution in [0, 0.1) is 18.2 Å². The average molecular weight is 1130 g/mol. The molecule has 0 aliphatic carbocycles. The van der Waals surface area contributed by atoms with Gasteiger partial charge in [-0.05, 0) is 85.9 Å². The first-order valence-electron chi connectivity index (χ1n) is 28.2. The van der Waals surface area contributed by atoms with E-state index in [9.17, 15) is 38.6 Å². The summed E-state index contributed by atoms with van der Waals surface area (Å²) in [7, 11) is 0. The summed E-state index contributed by atoms with van der Waals surface area (Å²) in [5.41, 5.74) is 8.17. The lowest BCUT2D eigenvalue weighted by atomic mass is 9.85. The smallest absolute Gasteiger partial charge is 0.254 e. The number of imidazole rings is 1. The van der Waals surface area contributed by atoms with Crippen LogP contribution in [0.4, 0.5) is 21.6 Å². The molecule has 0 spiro atoms. The van der Waals surface area contributed by atoms with Crippen LogP contribution in [0.1, 0.15) is 112 Å². The summed E-state index contributed by atoms with van der Waals surface area (Å²) in [6.07, 6.45) is 7.88. The van der Waals surface area contributed by atoms with E-state index >= 15 is 0 Å². The number of thiazole rings is 1. The van der Waals surface area contributed by atoms with Crippen LogP contribution in [0.3, 0.4) is 0 Å². The molecule has 6 N–H and O–H groups in total. The molecule has 4 aliphatic rings. The standard InChI is InChI=1S/C60H73FN12O7S/c1-37(39-11-13-40(14-12-39)54-38(2)65-36-81-54)66-56(77)47-30-43(74)34-73(47)58(79)55(59(3,4)5)68-51(75)9-7-6-8-10-52(76)71-27-25-69(26-28-71)35-60(80)20-23-70(24-21-60)42-15-18-49(62-31-42)67-46-17-16-44(45-32-64-57(78)53(45)46)48-33-63-50-29-41(61)19-22-72(48)50/h11-19,22,29,31,33,36-37,43,47,55,74,80H,6-10,20-21,23-28,30,32,34-35H2,1-5H3,(H,62,67)(H,64,78)(H,66,77)(H,68,75)/t37-,43+,47-,55+/m0/s1. The number of hydrogen-bond donors (Lipinski definition) is 6. The van der Waals surface area contributed by atoms with Crippen LogP contribution < -0.4 is 26.2 Å². The molecule has 81 heavy (non-hydrogen) atoms. The number of hydrogen-bond acceptors (Lipinski definition) is 14. The lowest BCUT2D eigenvalue weighted by Crippen LogP contribution is -2.57. The Morgan fingerprint density at radius 2 is 1.65 bits per heavy atom. The average Bonchev–Trinajstić information content (AvgIpc) is 4.28. The van der Waals surface area contributed by atoms with Crippen LogP contribution in [0.2, 0.25) is 0 Å². The number of aryl methyl sites for hydroxylation is 1. The Balaban J connectivity index is 0.625. The number of unbranched alkanes of at least 4 members (excludes halogenated alkanes) is 2. The van der Waals surface area contributed by atoms with Gasteiger partial charge in [0.05, 0.1) is 68.9 Å². The second-order valence-corrected chi connectivity index (χ2v) is 24.1. The van der Waals surface area contributed by atoms with Crippen molar-refractivity contribution in [2.75, 3.05) is 62.6 Å². The number of carbonyl (C=O) groups is 5. The molecule has 0 bridgehead atoms. The van der Waals surface area contributed by atoms with E-state index in [0.29, 0.717) is 114 Å². The van der Waals surface area contributed by atoms with Gasteiger partial charge in [-0.3, -0.25) is 33.3 Å². The van der Waals surface area contributed by atoms with Crippen molar-refractivity contribution in [2.24, 2.45) is 5.41 Å². The number of pyridine rings is 2. The first-order valence-corrected chi connectivity index (χ1v) is 29.0. The summed E-state index contributed by atoms with van der Waals surface area (Å²) < 4.78 is 15.7. The van der Waals surface area contributed by atoms with Gasteiger partial charge in [0.2, 0.25) is 23.6 Å². The van der Waals surface area contributed by atoms with E-state index in [1.807, 2.05) is 93.6 Å². The van der Waals surface area contributed by atoms with Gasteiger partial charge in [-0.1, -0.05) is 57.5 Å². The summed E-state index contributed by atoms with van der Waals surface area (Å²) in [4.78, 5) is 89.9. The van der Waals surface area contributed by atoms with Crippen molar-refractivity contribution in [3.63, 3.8) is 0 Å². The number of anilines is 3. The van der Waals surface area contributed by atoms with Crippen molar-refractivity contribution in [3.05, 3.63) is 113 Å². The summed E-state index contributed by atoms with van der Waals surface area (Å²) in [5.74, 6) is -0.966. The Kier molecular flexibility index (Phi) is 16.9. The number of amides is 5. The molecule has 4 aliphatic heterocycles. The third kappa shape index (κ3) is 12.9. The number of carbonyl (C=O) groups excluding carboxylic acids is 5. The molecule has 5 amide bonds. The molecule has 3 fully saturated rings. The van der Waals surface area contributed by atoms with Crippen molar-refractivity contribution in [3.8, 4) is 21.7 Å². The number of aliphatic hydroxyl groups is 2. The molecular formula is C60H73FN12O7S. The maximum atomic E-state index is 14.2. The third-order valence-electron chi connectivity index (χ3n) is 16.4. The van der Waals surface area contributed by atoms with Crippen molar-refractivity contribution < 1.29 is 38.6 Å². The van der Waals surface area contributed by atoms with E-state index in [1.165, 1.54) is 17.0 Å². The summed E-state index contributed by atoms with van der Waals surface area (Å²) >= 11 is 1.57. The molecule has 3 saturated heterocycles. The number of β-amino-alcohol motifs (C(OH)–C–C–N with tert-alkyl or cyclic N) is 2. The zero-order valence-corrected chi connectivity index (χ0v) is 47.5. The first-order chi connectivity index (χ1) is 38.8. The number of rotatable bonds is 18. The van der Waals surface area contributed by atoms with Crippen LogP contribution in [0.15, 0.2) is 84.8 Å². The normalized spacial score (nSPS) is 19.1. The first kappa shape index (κ1) is 56.9. The molecule has 0 saturated carbocycles. The number of aromatic nitrogens is 4. The predicted octanol–water partition coefficient (Wildman–Crippen LogP) is 6.75. The van der Waals surface area contributed by atoms with Gasteiger partial charge in [0.15, 0.2) is 0 Å². The summed E-state index contributed by atoms with van der Waals surface area (Å²) in [6.45, 7) is 14.1. The molecule has 10 rings (SSSR count). The Morgan fingerprint density at radius 3 is 2.36 bits per heavy atom. The Morgan fingerprint density at radius 1 is 0.901 bits per heavy atom. The summed E-state index contributed by atoms with van der Waals surface area (Å²) in [6, 6.07) is 16.2. The largest absolute Gasteiger partial charge is 0.391 e. The molecule has 2 aromatic carbocycles. The van der Waals surface area contributed by atoms with E-state index in [2.05, 4.69) is 46.0 Å². The monoisotopic (exact) mass is 1120 g/mol. The van der Waals surface area contributed by atoms with Crippen LogP contribution in [-0.4, -0.2) is 150 Å². The van der Waals surface area contributed by atoms with Crippen LogP contribution >= 0.6 is 11.3 Å². The topological polar surface area (TPSA) is 230 Å². The highest BCUT2D eigenvalue weighted by molar-refractivity contribution is 7.13. The van der Waals surface area contributed by atoms with E-state index in [0.717, 1.165) is 44.2 Å². The molecule has 8 heterocycles. The number of aliphatic hydroxyl groups excluding tert-OH is 1. The SMILES string of the molecule is Cc1ncsc1-c1ccc([C@H](C)NC(=O)[C@@H]2C[C@@H](O)CN2C(=O)[C@@H](NC(=O)CCCCCC(=O)N2CCN(CC3(O)CCN(c4ccc(Nc5ccc(-c6cnc7cc(F)ccn67)c6c5C(=O)NC6)nc4)CC3)CC2)C(C)(C)C)cc1. The molecule has 0 radical (unpaired) electrons. The zero-order valence-electron chi connectivity index (χ0n) is 46.7. The molecule has 6 aromatic rings. The lowest BCUT2D eigenvalue weighted by Gasteiger charge is -2.43. The highest BCUT2D eigenvalue weighted by Gasteiger charge is 2.45. The molecule has 4 aromatic heterocycles. The van der Waals surface area contributed by atoms with Gasteiger partial charge >= 0.3 is 0 Å². The third-order valence-corrected chi connectivity index (χ3v) is 17.4. The highest BCUT2D eigenvalue weighted by atomic mass is 32.1. The molecule has 0 unspecified atom stereocenters. The second kappa shape index (κ2) is 24.0.